The number of aryl methyl sites for hydroxylation is 1. The van der Waals surface area contributed by atoms with Gasteiger partial charge in [0.05, 0.1) is 25.5 Å². The summed E-state index contributed by atoms with van der Waals surface area (Å²) < 4.78 is 17.3. The van der Waals surface area contributed by atoms with E-state index < -0.39 is 0 Å². The molecule has 0 aromatic carbocycles. The third-order valence-electron chi connectivity index (χ3n) is 3.84. The molecule has 124 valence electrons. The Hall–Kier alpha value is -2.35. The predicted molar refractivity (Wildman–Crippen MR) is 80.2 cm³/mol. The van der Waals surface area contributed by atoms with Crippen molar-refractivity contribution >= 4 is 5.91 Å². The molecule has 0 N–H and O–H groups in total. The Labute approximate surface area is 133 Å². The standard InChI is InChI=1S/C15H20N4O4/c1-4-22-9-11-8-19(7-10-6-18(2)16-14(10)11)15(20)12-5-13(21-3)17-23-12/h5-6,11H,4,7-9H2,1-3H3. The van der Waals surface area contributed by atoms with Crippen LogP contribution in [0.3, 0.4) is 0 Å². The van der Waals surface area contributed by atoms with Crippen molar-refractivity contribution in [2.45, 2.75) is 19.4 Å². The first-order chi connectivity index (χ1) is 11.1. The second-order valence-electron chi connectivity index (χ2n) is 5.49. The van der Waals surface area contributed by atoms with E-state index in [4.69, 9.17) is 14.0 Å². The lowest BCUT2D eigenvalue weighted by Crippen LogP contribution is -2.39. The van der Waals surface area contributed by atoms with Crippen LogP contribution in [0.1, 0.15) is 34.7 Å². The predicted octanol–water partition coefficient (Wildman–Crippen LogP) is 1.19. The molecule has 0 aliphatic carbocycles. The van der Waals surface area contributed by atoms with Crippen LogP contribution in [0.5, 0.6) is 5.88 Å². The van der Waals surface area contributed by atoms with Crippen LogP contribution in [0.15, 0.2) is 16.8 Å². The fourth-order valence-electron chi connectivity index (χ4n) is 2.80. The van der Waals surface area contributed by atoms with Gasteiger partial charge in [-0.15, -0.1) is 0 Å². The van der Waals surface area contributed by atoms with Crippen LogP contribution in [-0.4, -0.2) is 52.6 Å². The summed E-state index contributed by atoms with van der Waals surface area (Å²) in [5, 5.41) is 8.19. The number of aromatic nitrogens is 3. The van der Waals surface area contributed by atoms with Crippen molar-refractivity contribution in [3.8, 4) is 5.88 Å². The molecule has 0 spiro atoms. The number of hydrogen-bond donors (Lipinski definition) is 0. The van der Waals surface area contributed by atoms with Gasteiger partial charge in [-0.2, -0.15) is 5.10 Å². The molecule has 1 aliphatic heterocycles. The lowest BCUT2D eigenvalue weighted by atomic mass is 9.97. The van der Waals surface area contributed by atoms with Crippen molar-refractivity contribution in [1.29, 1.82) is 0 Å². The Morgan fingerprint density at radius 1 is 1.52 bits per heavy atom. The second-order valence-corrected chi connectivity index (χ2v) is 5.49. The van der Waals surface area contributed by atoms with E-state index in [1.54, 1.807) is 9.58 Å². The molecular formula is C15H20N4O4. The van der Waals surface area contributed by atoms with Gasteiger partial charge < -0.3 is 18.9 Å². The largest absolute Gasteiger partial charge is 0.479 e. The molecule has 3 heterocycles. The van der Waals surface area contributed by atoms with Crippen LogP contribution in [0.4, 0.5) is 0 Å². The SMILES string of the molecule is CCOCC1CN(C(=O)c2cc(OC)no2)Cc2cn(C)nc21. The smallest absolute Gasteiger partial charge is 0.292 e. The Morgan fingerprint density at radius 3 is 3.04 bits per heavy atom. The molecule has 3 rings (SSSR count). The minimum atomic E-state index is -0.211. The summed E-state index contributed by atoms with van der Waals surface area (Å²) in [6.07, 6.45) is 1.94. The van der Waals surface area contributed by atoms with Crippen molar-refractivity contribution in [3.05, 3.63) is 29.3 Å². The first kappa shape index (κ1) is 15.5. The number of carbonyl (C=O) groups is 1. The van der Waals surface area contributed by atoms with Gasteiger partial charge in [0.2, 0.25) is 5.76 Å². The molecule has 8 heteroatoms. The number of amides is 1. The van der Waals surface area contributed by atoms with E-state index >= 15 is 0 Å². The van der Waals surface area contributed by atoms with Gasteiger partial charge >= 0.3 is 0 Å². The Balaban J connectivity index is 1.82. The molecule has 1 amide bonds. The second kappa shape index (κ2) is 6.41. The third kappa shape index (κ3) is 3.07. The van der Waals surface area contributed by atoms with E-state index in [9.17, 15) is 4.79 Å². The fourth-order valence-corrected chi connectivity index (χ4v) is 2.80. The fraction of sp³-hybridized carbons (Fsp3) is 0.533. The molecule has 0 radical (unpaired) electrons. The highest BCUT2D eigenvalue weighted by Crippen LogP contribution is 2.28. The molecule has 0 saturated heterocycles. The highest BCUT2D eigenvalue weighted by molar-refractivity contribution is 5.91. The van der Waals surface area contributed by atoms with Crippen LogP contribution in [-0.2, 0) is 18.3 Å². The average Bonchev–Trinajstić information content (AvgIpc) is 3.17. The van der Waals surface area contributed by atoms with Gasteiger partial charge in [0.1, 0.15) is 0 Å². The van der Waals surface area contributed by atoms with Gasteiger partial charge in [0.15, 0.2) is 0 Å². The molecule has 23 heavy (non-hydrogen) atoms. The van der Waals surface area contributed by atoms with E-state index in [2.05, 4.69) is 10.3 Å². The van der Waals surface area contributed by atoms with Crippen LogP contribution in [0.25, 0.3) is 0 Å². The van der Waals surface area contributed by atoms with Crippen molar-refractivity contribution in [3.63, 3.8) is 0 Å². The minimum Gasteiger partial charge on any atom is -0.479 e. The third-order valence-corrected chi connectivity index (χ3v) is 3.84. The highest BCUT2D eigenvalue weighted by Gasteiger charge is 2.32. The molecule has 0 bridgehead atoms. The van der Waals surface area contributed by atoms with Crippen molar-refractivity contribution in [2.75, 3.05) is 26.9 Å². The van der Waals surface area contributed by atoms with Gasteiger partial charge in [0, 0.05) is 44.4 Å². The monoisotopic (exact) mass is 320 g/mol. The zero-order valence-electron chi connectivity index (χ0n) is 13.5. The molecule has 0 saturated carbocycles. The number of ether oxygens (including phenoxy) is 2. The molecule has 0 fully saturated rings. The maximum absolute atomic E-state index is 12.6. The minimum absolute atomic E-state index is 0.0497. The van der Waals surface area contributed by atoms with Gasteiger partial charge in [-0.05, 0) is 12.1 Å². The van der Waals surface area contributed by atoms with Gasteiger partial charge in [-0.25, -0.2) is 0 Å². The van der Waals surface area contributed by atoms with E-state index in [1.165, 1.54) is 13.2 Å². The number of fused-ring (bicyclic) bond motifs is 1. The van der Waals surface area contributed by atoms with E-state index in [-0.39, 0.29) is 17.6 Å². The molecule has 2 aromatic heterocycles. The first-order valence-electron chi connectivity index (χ1n) is 7.52. The lowest BCUT2D eigenvalue weighted by molar-refractivity contribution is 0.0613. The van der Waals surface area contributed by atoms with Gasteiger partial charge in [-0.3, -0.25) is 9.48 Å². The van der Waals surface area contributed by atoms with Crippen LogP contribution >= 0.6 is 0 Å². The van der Waals surface area contributed by atoms with Crippen LogP contribution < -0.4 is 4.74 Å². The van der Waals surface area contributed by atoms with Crippen molar-refractivity contribution in [1.82, 2.24) is 19.8 Å². The normalized spacial score (nSPS) is 17.2. The van der Waals surface area contributed by atoms with Crippen LogP contribution in [0.2, 0.25) is 0 Å². The van der Waals surface area contributed by atoms with E-state index in [0.29, 0.717) is 32.2 Å². The van der Waals surface area contributed by atoms with Gasteiger partial charge in [0.25, 0.3) is 11.8 Å². The molecule has 2 aromatic rings. The summed E-state index contributed by atoms with van der Waals surface area (Å²) in [7, 11) is 3.36. The number of rotatable bonds is 5. The Morgan fingerprint density at radius 2 is 2.35 bits per heavy atom. The zero-order valence-corrected chi connectivity index (χ0v) is 13.5. The summed E-state index contributed by atoms with van der Waals surface area (Å²) in [5.41, 5.74) is 2.03. The molecule has 1 aliphatic rings. The topological polar surface area (TPSA) is 82.6 Å². The quantitative estimate of drug-likeness (QED) is 0.823. The average molecular weight is 320 g/mol. The number of methoxy groups -OCH3 is 1. The van der Waals surface area contributed by atoms with E-state index in [0.717, 1.165) is 11.3 Å². The molecule has 1 atom stereocenters. The number of carbonyl (C=O) groups excluding carboxylic acids is 1. The number of hydrogen-bond acceptors (Lipinski definition) is 6. The zero-order chi connectivity index (χ0) is 16.4. The Kier molecular flexibility index (Phi) is 4.33. The van der Waals surface area contributed by atoms with Crippen molar-refractivity contribution in [2.24, 2.45) is 7.05 Å². The maximum atomic E-state index is 12.6. The summed E-state index contributed by atoms with van der Waals surface area (Å²) >= 11 is 0. The first-order valence-corrected chi connectivity index (χ1v) is 7.52. The molecular weight excluding hydrogens is 300 g/mol. The van der Waals surface area contributed by atoms with Crippen LogP contribution in [0, 0.1) is 0 Å². The summed E-state index contributed by atoms with van der Waals surface area (Å²) in [6, 6.07) is 1.50. The van der Waals surface area contributed by atoms with E-state index in [1.807, 2.05) is 20.2 Å². The molecule has 8 nitrogen and oxygen atoms in total. The highest BCUT2D eigenvalue weighted by atomic mass is 16.5. The maximum Gasteiger partial charge on any atom is 0.292 e. The summed E-state index contributed by atoms with van der Waals surface area (Å²) in [6.45, 7) is 4.14. The molecule has 1 unspecified atom stereocenters. The lowest BCUT2D eigenvalue weighted by Gasteiger charge is -2.31. The summed E-state index contributed by atoms with van der Waals surface area (Å²) in [5.74, 6) is 0.299. The summed E-state index contributed by atoms with van der Waals surface area (Å²) in [4.78, 5) is 14.4. The van der Waals surface area contributed by atoms with Crippen molar-refractivity contribution < 1.29 is 18.8 Å². The van der Waals surface area contributed by atoms with Gasteiger partial charge in [-0.1, -0.05) is 0 Å². The Bertz CT molecular complexity index is 693. The number of nitrogens with zero attached hydrogens (tertiary/aromatic N) is 4.